The van der Waals surface area contributed by atoms with E-state index in [9.17, 15) is 14.0 Å². The normalized spacial score (nSPS) is 14.5. The minimum Gasteiger partial charge on any atom is -0.396 e. The third-order valence-corrected chi connectivity index (χ3v) is 4.84. The van der Waals surface area contributed by atoms with Crippen molar-refractivity contribution in [1.29, 1.82) is 0 Å². The van der Waals surface area contributed by atoms with Crippen molar-refractivity contribution in [2.75, 3.05) is 27.2 Å². The van der Waals surface area contributed by atoms with Gasteiger partial charge in [-0.3, -0.25) is 9.59 Å². The summed E-state index contributed by atoms with van der Waals surface area (Å²) in [6.07, 6.45) is 4.24. The Labute approximate surface area is 170 Å². The van der Waals surface area contributed by atoms with Crippen LogP contribution in [0, 0.1) is 5.82 Å². The van der Waals surface area contributed by atoms with Gasteiger partial charge in [0.2, 0.25) is 6.41 Å². The van der Waals surface area contributed by atoms with Crippen LogP contribution in [-0.2, 0) is 16.1 Å². The van der Waals surface area contributed by atoms with Crippen molar-refractivity contribution < 1.29 is 19.1 Å². The molecule has 2 amide bonds. The molecule has 1 aliphatic rings. The number of benzene rings is 1. The van der Waals surface area contributed by atoms with Gasteiger partial charge in [0.05, 0.1) is 0 Å². The topological polar surface area (TPSA) is 96.9 Å². The van der Waals surface area contributed by atoms with Crippen LogP contribution in [-0.4, -0.2) is 60.5 Å². The molecule has 0 heterocycles. The molecular formula is C20H30FN5O3. The molecule has 1 aromatic rings. The van der Waals surface area contributed by atoms with E-state index < -0.39 is 0 Å². The maximum atomic E-state index is 13.2. The highest BCUT2D eigenvalue weighted by atomic mass is 19.1. The number of halogens is 1. The quantitative estimate of drug-likeness (QED) is 0.231. The Bertz CT molecular complexity index is 707. The standard InChI is InChI=1S/C20H30FN5O3/c1-25(11-4-12-27)20(29)18(22-13-15-7-9-16(21)10-8-15)19(26(2)14-28)24-23-17-5-3-6-17/h7-10,14,17,22-24,27H,3-6,11-13H2,1-2H3/b19-18+. The van der Waals surface area contributed by atoms with Crippen molar-refractivity contribution in [3.8, 4) is 0 Å². The van der Waals surface area contributed by atoms with Gasteiger partial charge in [-0.05, 0) is 37.0 Å². The molecule has 1 fully saturated rings. The van der Waals surface area contributed by atoms with E-state index in [1.54, 1.807) is 26.2 Å². The number of amides is 2. The molecule has 0 unspecified atom stereocenters. The van der Waals surface area contributed by atoms with Gasteiger partial charge in [0.1, 0.15) is 11.5 Å². The molecule has 0 atom stereocenters. The van der Waals surface area contributed by atoms with Crippen LogP contribution in [0.25, 0.3) is 0 Å². The summed E-state index contributed by atoms with van der Waals surface area (Å²) in [4.78, 5) is 27.3. The smallest absolute Gasteiger partial charge is 0.273 e. The van der Waals surface area contributed by atoms with E-state index in [2.05, 4.69) is 16.2 Å². The minimum atomic E-state index is -0.336. The summed E-state index contributed by atoms with van der Waals surface area (Å²) in [6, 6.07) is 6.24. The van der Waals surface area contributed by atoms with Gasteiger partial charge < -0.3 is 25.6 Å². The molecule has 9 heteroatoms. The van der Waals surface area contributed by atoms with Crippen molar-refractivity contribution in [1.82, 2.24) is 26.0 Å². The molecule has 2 rings (SSSR count). The summed E-state index contributed by atoms with van der Waals surface area (Å²) >= 11 is 0. The number of rotatable bonds is 12. The average Bonchev–Trinajstić information content (AvgIpc) is 2.69. The Morgan fingerprint density at radius 1 is 1.28 bits per heavy atom. The fourth-order valence-corrected chi connectivity index (χ4v) is 2.76. The van der Waals surface area contributed by atoms with Gasteiger partial charge in [0.15, 0.2) is 5.82 Å². The van der Waals surface area contributed by atoms with Crippen molar-refractivity contribution in [3.63, 3.8) is 0 Å². The highest BCUT2D eigenvalue weighted by Crippen LogP contribution is 2.18. The predicted octanol–water partition coefficient (Wildman–Crippen LogP) is 0.660. The molecule has 160 valence electrons. The monoisotopic (exact) mass is 407 g/mol. The molecule has 0 aliphatic heterocycles. The molecule has 0 radical (unpaired) electrons. The van der Waals surface area contributed by atoms with E-state index >= 15 is 0 Å². The number of carbonyl (C=O) groups is 2. The fourth-order valence-electron chi connectivity index (χ4n) is 2.76. The first-order chi connectivity index (χ1) is 14.0. The molecule has 8 nitrogen and oxygen atoms in total. The highest BCUT2D eigenvalue weighted by Gasteiger charge is 2.24. The summed E-state index contributed by atoms with van der Waals surface area (Å²) < 4.78 is 13.2. The van der Waals surface area contributed by atoms with Crippen LogP contribution in [0.15, 0.2) is 35.8 Å². The van der Waals surface area contributed by atoms with Crippen LogP contribution in [0.3, 0.4) is 0 Å². The molecule has 0 aromatic heterocycles. The number of hydrogen-bond acceptors (Lipinski definition) is 6. The number of hydrogen-bond donors (Lipinski definition) is 4. The number of likely N-dealkylation sites (N-methyl/N-ethyl adjacent to an activating group) is 1. The Kier molecular flexibility index (Phi) is 8.88. The molecule has 1 saturated carbocycles. The zero-order valence-electron chi connectivity index (χ0n) is 16.9. The Balaban J connectivity index is 2.25. The van der Waals surface area contributed by atoms with Crippen LogP contribution >= 0.6 is 0 Å². The Morgan fingerprint density at radius 2 is 1.97 bits per heavy atom. The number of nitrogens with one attached hydrogen (secondary N) is 3. The molecule has 0 spiro atoms. The first-order valence-corrected chi connectivity index (χ1v) is 9.74. The van der Waals surface area contributed by atoms with E-state index in [-0.39, 0.29) is 36.6 Å². The largest absolute Gasteiger partial charge is 0.396 e. The second kappa shape index (κ2) is 11.4. The van der Waals surface area contributed by atoms with Gasteiger partial charge in [-0.25, -0.2) is 9.82 Å². The lowest BCUT2D eigenvalue weighted by Gasteiger charge is -2.31. The molecule has 1 aromatic carbocycles. The molecule has 0 bridgehead atoms. The van der Waals surface area contributed by atoms with Crippen LogP contribution in [0.5, 0.6) is 0 Å². The lowest BCUT2D eigenvalue weighted by molar-refractivity contribution is -0.126. The van der Waals surface area contributed by atoms with Gasteiger partial charge in [0, 0.05) is 39.8 Å². The molecule has 0 saturated heterocycles. The van der Waals surface area contributed by atoms with Crippen molar-refractivity contribution in [3.05, 3.63) is 47.2 Å². The lowest BCUT2D eigenvalue weighted by Crippen LogP contribution is -2.49. The number of carbonyl (C=O) groups excluding carboxylic acids is 2. The highest BCUT2D eigenvalue weighted by molar-refractivity contribution is 5.93. The summed E-state index contributed by atoms with van der Waals surface area (Å²) in [5.74, 6) is -0.362. The van der Waals surface area contributed by atoms with Crippen molar-refractivity contribution in [2.24, 2.45) is 0 Å². The third-order valence-electron chi connectivity index (χ3n) is 4.84. The van der Waals surface area contributed by atoms with Gasteiger partial charge in [-0.15, -0.1) is 0 Å². The number of hydrazine groups is 1. The second-order valence-electron chi connectivity index (χ2n) is 7.12. The molecule has 1 aliphatic carbocycles. The first-order valence-electron chi connectivity index (χ1n) is 9.74. The van der Waals surface area contributed by atoms with Crippen molar-refractivity contribution in [2.45, 2.75) is 38.3 Å². The summed E-state index contributed by atoms with van der Waals surface area (Å²) in [5, 5.41) is 12.1. The lowest BCUT2D eigenvalue weighted by atomic mass is 9.94. The minimum absolute atomic E-state index is 0.0255. The summed E-state index contributed by atoms with van der Waals surface area (Å²) in [7, 11) is 3.19. The van der Waals surface area contributed by atoms with E-state index in [1.165, 1.54) is 21.9 Å². The van der Waals surface area contributed by atoms with Crippen LogP contribution < -0.4 is 16.2 Å². The van der Waals surface area contributed by atoms with E-state index in [4.69, 9.17) is 5.11 Å². The summed E-state index contributed by atoms with van der Waals surface area (Å²) in [5.41, 5.74) is 7.16. The molecule has 4 N–H and O–H groups in total. The van der Waals surface area contributed by atoms with E-state index in [1.807, 2.05) is 0 Å². The van der Waals surface area contributed by atoms with Crippen LogP contribution in [0.1, 0.15) is 31.2 Å². The maximum Gasteiger partial charge on any atom is 0.273 e. The summed E-state index contributed by atoms with van der Waals surface area (Å²) in [6.45, 7) is 0.615. The van der Waals surface area contributed by atoms with Crippen LogP contribution in [0.2, 0.25) is 0 Å². The zero-order chi connectivity index (χ0) is 21.2. The third kappa shape index (κ3) is 6.72. The Hall–Kier alpha value is -2.65. The number of nitrogens with zero attached hydrogens (tertiary/aromatic N) is 2. The van der Waals surface area contributed by atoms with Gasteiger partial charge in [-0.1, -0.05) is 18.6 Å². The zero-order valence-corrected chi connectivity index (χ0v) is 16.9. The predicted molar refractivity (Wildman–Crippen MR) is 107 cm³/mol. The first kappa shape index (κ1) is 22.6. The van der Waals surface area contributed by atoms with Gasteiger partial charge in [0.25, 0.3) is 5.91 Å². The maximum absolute atomic E-state index is 13.2. The van der Waals surface area contributed by atoms with Gasteiger partial charge in [-0.2, -0.15) is 0 Å². The number of aliphatic hydroxyl groups is 1. The van der Waals surface area contributed by atoms with E-state index in [0.717, 1.165) is 24.8 Å². The second-order valence-corrected chi connectivity index (χ2v) is 7.12. The molecular weight excluding hydrogens is 377 g/mol. The SMILES string of the molecule is CN(CCCO)C(=O)/C(NCc1ccc(F)cc1)=C(/NNC1CCC1)N(C)C=O. The van der Waals surface area contributed by atoms with Crippen molar-refractivity contribution >= 4 is 12.3 Å². The fraction of sp³-hybridized carbons (Fsp3) is 0.500. The van der Waals surface area contributed by atoms with E-state index in [0.29, 0.717) is 25.2 Å². The number of aliphatic hydroxyl groups excluding tert-OH is 1. The van der Waals surface area contributed by atoms with Crippen LogP contribution in [0.4, 0.5) is 4.39 Å². The molecule has 29 heavy (non-hydrogen) atoms. The van der Waals surface area contributed by atoms with Gasteiger partial charge >= 0.3 is 0 Å². The Morgan fingerprint density at radius 3 is 2.52 bits per heavy atom. The average molecular weight is 407 g/mol.